The Labute approximate surface area is 481 Å². The van der Waals surface area contributed by atoms with Gasteiger partial charge in [-0.15, -0.1) is 0 Å². The topological polar surface area (TPSA) is 421 Å². The standard InChI is InChI=1S/C57H94N8O17/c1-38(67)51(52(58)76)64-54(78)39(24-29-46(70)57(2,3)65-48(72)30-25-42-34-59-37-62-42)20-18-19-31-60-49(73)35-61-53(77)41(36-66)33-43(68)26-23-40(55(79)80)32-44(69)27-28-45(56(81)82)63-47(71)21-16-14-12-10-8-6-4-5-7-9-11-13-15-17-22-50(74)75/h34,37-41,45,51,66-67H,4-33,35-36H2,1-3H3,(H2,58,76)(H,59,62)(H,60,73)(H,61,77)(H,63,71)(H,64,78)(H,65,72)(H,74,75)(H,79,80)(H,81,82)/t38?,39-,40-,41+,45+,51+/m1/s1. The molecule has 0 fully saturated rings. The molecule has 0 saturated heterocycles. The predicted molar refractivity (Wildman–Crippen MR) is 300 cm³/mol. The number of carboxylic acid groups (broad SMARTS) is 3. The summed E-state index contributed by atoms with van der Waals surface area (Å²) < 4.78 is 0. The highest BCUT2D eigenvalue weighted by Crippen LogP contribution is 2.21. The number of hydrogen-bond donors (Lipinski definition) is 12. The zero-order valence-electron chi connectivity index (χ0n) is 48.4. The van der Waals surface area contributed by atoms with Crippen molar-refractivity contribution in [3.63, 3.8) is 0 Å². The number of nitrogens with zero attached hydrogens (tertiary/aromatic N) is 1. The van der Waals surface area contributed by atoms with Crippen molar-refractivity contribution in [2.24, 2.45) is 23.5 Å². The number of carboxylic acids is 3. The van der Waals surface area contributed by atoms with E-state index in [0.717, 1.165) is 76.3 Å². The van der Waals surface area contributed by atoms with Gasteiger partial charge in [0.2, 0.25) is 35.4 Å². The van der Waals surface area contributed by atoms with Crippen LogP contribution in [0.4, 0.5) is 0 Å². The summed E-state index contributed by atoms with van der Waals surface area (Å²) in [5.74, 6) is -12.3. The number of nitrogens with one attached hydrogen (secondary N) is 6. The number of unbranched alkanes of at least 4 members (excludes halogenated alkanes) is 14. The lowest BCUT2D eigenvalue weighted by molar-refractivity contribution is -0.145. The summed E-state index contributed by atoms with van der Waals surface area (Å²) in [5.41, 5.74) is 4.84. The first kappa shape index (κ1) is 73.4. The maximum atomic E-state index is 13.3. The molecule has 1 unspecified atom stereocenters. The Hall–Kier alpha value is -6.63. The number of hydrogen-bond acceptors (Lipinski definition) is 15. The molecule has 0 saturated carbocycles. The summed E-state index contributed by atoms with van der Waals surface area (Å²) in [6.45, 7) is 3.16. The lowest BCUT2D eigenvalue weighted by Crippen LogP contribution is -2.52. The molecule has 25 nitrogen and oxygen atoms in total. The van der Waals surface area contributed by atoms with Crippen LogP contribution < -0.4 is 32.3 Å². The fraction of sp³-hybridized carbons (Fsp3) is 0.737. The quantitative estimate of drug-likeness (QED) is 0.0414. The number of nitrogens with two attached hydrogens (primary N) is 1. The van der Waals surface area contributed by atoms with Crippen LogP contribution in [0.25, 0.3) is 0 Å². The summed E-state index contributed by atoms with van der Waals surface area (Å²) >= 11 is 0. The van der Waals surface area contributed by atoms with Crippen LogP contribution in [0.2, 0.25) is 0 Å². The van der Waals surface area contributed by atoms with E-state index in [1.807, 2.05) is 0 Å². The van der Waals surface area contributed by atoms with Gasteiger partial charge in [0.05, 0.1) is 43.0 Å². The van der Waals surface area contributed by atoms with E-state index in [1.54, 1.807) is 20.0 Å². The number of ketones is 3. The normalized spacial score (nSPS) is 13.5. The van der Waals surface area contributed by atoms with E-state index in [1.165, 1.54) is 26.1 Å². The van der Waals surface area contributed by atoms with Gasteiger partial charge in [0.1, 0.15) is 23.7 Å². The zero-order chi connectivity index (χ0) is 61.5. The number of aromatic amines is 1. The minimum absolute atomic E-state index is 0.0176. The predicted octanol–water partition coefficient (Wildman–Crippen LogP) is 3.64. The molecule has 13 N–H and O–H groups in total. The van der Waals surface area contributed by atoms with E-state index < -0.39 is 126 Å². The number of aryl methyl sites for hydroxylation is 1. The Balaban J connectivity index is 2.49. The summed E-state index contributed by atoms with van der Waals surface area (Å²) in [6.07, 6.45) is 15.2. The molecule has 1 aromatic heterocycles. The highest BCUT2D eigenvalue weighted by atomic mass is 16.4. The third-order valence-electron chi connectivity index (χ3n) is 14.3. The molecule has 1 heterocycles. The van der Waals surface area contributed by atoms with Crippen molar-refractivity contribution in [3.8, 4) is 0 Å². The van der Waals surface area contributed by atoms with Crippen LogP contribution in [0.5, 0.6) is 0 Å². The monoisotopic (exact) mass is 1160 g/mol. The fourth-order valence-corrected chi connectivity index (χ4v) is 9.15. The first-order valence-corrected chi connectivity index (χ1v) is 29.1. The third-order valence-corrected chi connectivity index (χ3v) is 14.3. The van der Waals surface area contributed by atoms with Crippen LogP contribution in [0.15, 0.2) is 12.5 Å². The number of carbonyl (C=O) groups excluding carboxylic acids is 9. The van der Waals surface area contributed by atoms with Crippen LogP contribution in [0, 0.1) is 17.8 Å². The van der Waals surface area contributed by atoms with Gasteiger partial charge in [-0.3, -0.25) is 52.7 Å². The first-order valence-electron chi connectivity index (χ1n) is 29.1. The minimum Gasteiger partial charge on any atom is -0.481 e. The third kappa shape index (κ3) is 34.6. The summed E-state index contributed by atoms with van der Waals surface area (Å²) in [4.78, 5) is 156. The van der Waals surface area contributed by atoms with Gasteiger partial charge >= 0.3 is 17.9 Å². The Morgan fingerprint density at radius 3 is 1.65 bits per heavy atom. The maximum Gasteiger partial charge on any atom is 0.326 e. The van der Waals surface area contributed by atoms with Crippen LogP contribution in [-0.2, 0) is 64.0 Å². The number of aromatic nitrogens is 2. The number of rotatable bonds is 51. The van der Waals surface area contributed by atoms with Crippen LogP contribution in [-0.4, -0.2) is 150 Å². The van der Waals surface area contributed by atoms with Gasteiger partial charge in [-0.05, 0) is 72.1 Å². The second kappa shape index (κ2) is 42.2. The SMILES string of the molecule is CC(O)[C@H](NC(=O)[C@H](CCCCNC(=O)CNC(=O)[C@H](CO)CC(=O)CC[C@H](CC(=O)CC[C@H](NC(=O)CCCCCCCCCCCCCCCCC(=O)O)C(=O)O)C(=O)O)CCC(=O)C(C)(C)NC(=O)CCc1cnc[nH]1)C(N)=O. The molecule has 1 rings (SSSR count). The highest BCUT2D eigenvalue weighted by molar-refractivity contribution is 5.93. The molecule has 0 aromatic carbocycles. The summed E-state index contributed by atoms with van der Waals surface area (Å²) in [7, 11) is 0. The van der Waals surface area contributed by atoms with Crippen molar-refractivity contribution in [2.75, 3.05) is 19.7 Å². The first-order chi connectivity index (χ1) is 38.9. The number of amides is 6. The molecular weight excluding hydrogens is 1070 g/mol. The van der Waals surface area contributed by atoms with E-state index in [2.05, 4.69) is 36.6 Å². The van der Waals surface area contributed by atoms with Crippen molar-refractivity contribution in [1.82, 2.24) is 36.6 Å². The number of carbonyl (C=O) groups is 12. The maximum absolute atomic E-state index is 13.3. The smallest absolute Gasteiger partial charge is 0.326 e. The number of H-pyrrole nitrogens is 1. The Bertz CT molecular complexity index is 2170. The number of aliphatic hydroxyl groups is 2. The lowest BCUT2D eigenvalue weighted by atomic mass is 9.89. The van der Waals surface area contributed by atoms with E-state index >= 15 is 0 Å². The molecule has 25 heteroatoms. The molecule has 0 aliphatic rings. The second-order valence-corrected chi connectivity index (χ2v) is 21.9. The Kier molecular flexibility index (Phi) is 37.8. The number of primary amides is 1. The van der Waals surface area contributed by atoms with Gasteiger partial charge in [0.15, 0.2) is 5.78 Å². The number of imidazole rings is 1. The van der Waals surface area contributed by atoms with Gasteiger partial charge in [-0.2, -0.15) is 0 Å². The molecule has 464 valence electrons. The Morgan fingerprint density at radius 2 is 1.13 bits per heavy atom. The van der Waals surface area contributed by atoms with Gasteiger partial charge < -0.3 is 62.8 Å². The van der Waals surface area contributed by atoms with Crippen molar-refractivity contribution >= 4 is 70.7 Å². The van der Waals surface area contributed by atoms with Crippen LogP contribution >= 0.6 is 0 Å². The molecule has 6 amide bonds. The van der Waals surface area contributed by atoms with Gasteiger partial charge in [0, 0.05) is 75.7 Å². The fourth-order valence-electron chi connectivity index (χ4n) is 9.15. The van der Waals surface area contributed by atoms with Crippen molar-refractivity contribution in [3.05, 3.63) is 18.2 Å². The number of aliphatic hydroxyl groups excluding tert-OH is 2. The van der Waals surface area contributed by atoms with Crippen molar-refractivity contribution in [2.45, 2.75) is 231 Å². The van der Waals surface area contributed by atoms with Gasteiger partial charge in [-0.25, -0.2) is 9.78 Å². The molecule has 82 heavy (non-hydrogen) atoms. The molecule has 1 aromatic rings. The minimum atomic E-state index is -1.40. The zero-order valence-corrected chi connectivity index (χ0v) is 48.4. The van der Waals surface area contributed by atoms with Gasteiger partial charge in [-0.1, -0.05) is 83.5 Å². The molecule has 6 atom stereocenters. The van der Waals surface area contributed by atoms with E-state index in [0.29, 0.717) is 25.7 Å². The van der Waals surface area contributed by atoms with E-state index in [-0.39, 0.29) is 82.4 Å². The van der Waals surface area contributed by atoms with Crippen LogP contribution in [0.1, 0.15) is 206 Å². The van der Waals surface area contributed by atoms with Crippen molar-refractivity contribution < 1.29 is 83.1 Å². The van der Waals surface area contributed by atoms with Gasteiger partial charge in [0.25, 0.3) is 0 Å². The molecule has 0 spiro atoms. The largest absolute Gasteiger partial charge is 0.481 e. The summed E-state index contributed by atoms with van der Waals surface area (Å²) in [5, 5.41) is 60.6. The number of Topliss-reactive ketones (excluding diaryl/α,β-unsaturated/α-hetero) is 3. The van der Waals surface area contributed by atoms with Crippen molar-refractivity contribution in [1.29, 1.82) is 0 Å². The average Bonchev–Trinajstić information content (AvgIpc) is 3.96. The molecule has 0 aliphatic heterocycles. The van der Waals surface area contributed by atoms with Crippen LogP contribution in [0.3, 0.4) is 0 Å². The molecule has 0 aliphatic carbocycles. The lowest BCUT2D eigenvalue weighted by Gasteiger charge is -2.26. The second-order valence-electron chi connectivity index (χ2n) is 21.9. The average molecular weight is 1160 g/mol. The highest BCUT2D eigenvalue weighted by Gasteiger charge is 2.33. The van der Waals surface area contributed by atoms with E-state index in [4.69, 9.17) is 10.8 Å². The molecular formula is C57H94N8O17. The Morgan fingerprint density at radius 1 is 0.585 bits per heavy atom. The molecule has 0 radical (unpaired) electrons. The van der Waals surface area contributed by atoms with E-state index in [9.17, 15) is 78.0 Å². The molecule has 0 bridgehead atoms. The number of aliphatic carboxylic acids is 3. The summed E-state index contributed by atoms with van der Waals surface area (Å²) in [6, 6.07) is -2.76.